The van der Waals surface area contributed by atoms with Crippen molar-refractivity contribution in [3.8, 4) is 5.75 Å². The molecule has 1 atom stereocenters. The van der Waals surface area contributed by atoms with Crippen molar-refractivity contribution >= 4 is 22.6 Å². The molecule has 100 valence electrons. The van der Waals surface area contributed by atoms with Crippen LogP contribution in [-0.2, 0) is 0 Å². The van der Waals surface area contributed by atoms with Gasteiger partial charge in [-0.3, -0.25) is 0 Å². The Bertz CT molecular complexity index is 542. The lowest BCUT2D eigenvalue weighted by Gasteiger charge is -2.21. The zero-order valence-electron chi connectivity index (χ0n) is 11.2. The van der Waals surface area contributed by atoms with E-state index < -0.39 is 0 Å². The summed E-state index contributed by atoms with van der Waals surface area (Å²) in [5.41, 5.74) is 2.44. The summed E-state index contributed by atoms with van der Waals surface area (Å²) in [6.07, 6.45) is 0. The van der Waals surface area contributed by atoms with Crippen molar-refractivity contribution in [1.82, 2.24) is 5.32 Å². The largest absolute Gasteiger partial charge is 0.496 e. The molecule has 0 aliphatic heterocycles. The Morgan fingerprint density at radius 3 is 2.63 bits per heavy atom. The Morgan fingerprint density at radius 1 is 1.16 bits per heavy atom. The number of methoxy groups -OCH3 is 1. The van der Waals surface area contributed by atoms with Crippen LogP contribution in [0.2, 0.25) is 0 Å². The van der Waals surface area contributed by atoms with E-state index in [-0.39, 0.29) is 6.04 Å². The fourth-order valence-corrected chi connectivity index (χ4v) is 2.77. The first-order valence-corrected chi connectivity index (χ1v) is 7.46. The second kappa shape index (κ2) is 6.91. The van der Waals surface area contributed by atoms with Crippen LogP contribution in [0.25, 0.3) is 0 Å². The molecule has 1 unspecified atom stereocenters. The van der Waals surface area contributed by atoms with E-state index in [2.05, 4.69) is 71.2 Å². The molecule has 0 fully saturated rings. The average molecular weight is 367 g/mol. The number of nitrogens with one attached hydrogen (secondary N) is 1. The summed E-state index contributed by atoms with van der Waals surface area (Å²) in [7, 11) is 1.72. The molecule has 0 heterocycles. The number of hydrogen-bond acceptors (Lipinski definition) is 2. The molecular formula is C16H18INO. The summed E-state index contributed by atoms with van der Waals surface area (Å²) in [6, 6.07) is 16.9. The van der Waals surface area contributed by atoms with Crippen LogP contribution in [0.15, 0.2) is 48.5 Å². The molecule has 19 heavy (non-hydrogen) atoms. The summed E-state index contributed by atoms with van der Waals surface area (Å²) >= 11 is 2.35. The average Bonchev–Trinajstić information content (AvgIpc) is 2.45. The van der Waals surface area contributed by atoms with Crippen LogP contribution in [-0.4, -0.2) is 13.7 Å². The summed E-state index contributed by atoms with van der Waals surface area (Å²) < 4.78 is 6.73. The van der Waals surface area contributed by atoms with E-state index in [0.717, 1.165) is 12.3 Å². The van der Waals surface area contributed by atoms with E-state index >= 15 is 0 Å². The smallest absolute Gasteiger partial charge is 0.123 e. The van der Waals surface area contributed by atoms with Gasteiger partial charge in [0.2, 0.25) is 0 Å². The van der Waals surface area contributed by atoms with Crippen LogP contribution < -0.4 is 10.1 Å². The van der Waals surface area contributed by atoms with Gasteiger partial charge >= 0.3 is 0 Å². The lowest BCUT2D eigenvalue weighted by atomic mass is 9.98. The van der Waals surface area contributed by atoms with Gasteiger partial charge in [0.1, 0.15) is 5.75 Å². The maximum atomic E-state index is 5.48. The molecule has 0 spiro atoms. The second-order valence-corrected chi connectivity index (χ2v) is 5.53. The molecule has 2 nitrogen and oxygen atoms in total. The molecule has 0 aromatic heterocycles. The Kier molecular flexibility index (Phi) is 5.22. The van der Waals surface area contributed by atoms with Crippen molar-refractivity contribution in [2.24, 2.45) is 0 Å². The zero-order chi connectivity index (χ0) is 13.7. The summed E-state index contributed by atoms with van der Waals surface area (Å²) in [5, 5.41) is 3.53. The first kappa shape index (κ1) is 14.3. The molecule has 0 saturated heterocycles. The normalized spacial score (nSPS) is 12.2. The number of rotatable bonds is 5. The third kappa shape index (κ3) is 3.48. The zero-order valence-corrected chi connectivity index (χ0v) is 13.3. The van der Waals surface area contributed by atoms with Gasteiger partial charge in [-0.2, -0.15) is 0 Å². The number of benzene rings is 2. The summed E-state index contributed by atoms with van der Waals surface area (Å²) in [4.78, 5) is 0. The molecule has 2 rings (SSSR count). The van der Waals surface area contributed by atoms with E-state index in [1.54, 1.807) is 7.11 Å². The van der Waals surface area contributed by atoms with Crippen LogP contribution in [0, 0.1) is 3.57 Å². The first-order chi connectivity index (χ1) is 9.26. The molecule has 2 aromatic carbocycles. The highest BCUT2D eigenvalue weighted by molar-refractivity contribution is 14.1. The van der Waals surface area contributed by atoms with Crippen molar-refractivity contribution in [1.29, 1.82) is 0 Å². The molecular weight excluding hydrogens is 349 g/mol. The van der Waals surface area contributed by atoms with Crippen molar-refractivity contribution in [3.05, 3.63) is 63.2 Å². The number of ether oxygens (including phenoxy) is 1. The third-order valence-corrected chi connectivity index (χ3v) is 3.71. The van der Waals surface area contributed by atoms with Crippen LogP contribution >= 0.6 is 22.6 Å². The van der Waals surface area contributed by atoms with E-state index in [4.69, 9.17) is 4.74 Å². The lowest BCUT2D eigenvalue weighted by Crippen LogP contribution is -2.22. The Balaban J connectivity index is 2.45. The fourth-order valence-electron chi connectivity index (χ4n) is 2.20. The highest BCUT2D eigenvalue weighted by Crippen LogP contribution is 2.30. The van der Waals surface area contributed by atoms with E-state index in [1.807, 2.05) is 12.1 Å². The molecule has 1 N–H and O–H groups in total. The minimum atomic E-state index is 0.163. The SMILES string of the molecule is CCNC(c1cccc(I)c1)c1ccccc1OC. The molecule has 0 radical (unpaired) electrons. The molecule has 0 bridgehead atoms. The standard InChI is InChI=1S/C16H18INO/c1-3-18-16(12-7-6-8-13(17)11-12)14-9-4-5-10-15(14)19-2/h4-11,16,18H,3H2,1-2H3. The van der Waals surface area contributed by atoms with Crippen LogP contribution in [0.4, 0.5) is 0 Å². The van der Waals surface area contributed by atoms with Gasteiger partial charge < -0.3 is 10.1 Å². The third-order valence-electron chi connectivity index (χ3n) is 3.04. The highest BCUT2D eigenvalue weighted by atomic mass is 127. The number of hydrogen-bond donors (Lipinski definition) is 1. The van der Waals surface area contributed by atoms with Crippen molar-refractivity contribution in [2.45, 2.75) is 13.0 Å². The summed E-state index contributed by atoms with van der Waals surface area (Å²) in [5.74, 6) is 0.923. The Labute approximate surface area is 128 Å². The van der Waals surface area contributed by atoms with Gasteiger partial charge in [-0.15, -0.1) is 0 Å². The Hall–Kier alpha value is -1.07. The van der Waals surface area contributed by atoms with Gasteiger partial charge in [-0.1, -0.05) is 37.3 Å². The van der Waals surface area contributed by atoms with E-state index in [1.165, 1.54) is 14.7 Å². The first-order valence-electron chi connectivity index (χ1n) is 6.38. The van der Waals surface area contributed by atoms with Gasteiger partial charge in [-0.05, 0) is 52.9 Å². The van der Waals surface area contributed by atoms with E-state index in [0.29, 0.717) is 0 Å². The van der Waals surface area contributed by atoms with Crippen molar-refractivity contribution < 1.29 is 4.74 Å². The molecule has 0 saturated carbocycles. The minimum absolute atomic E-state index is 0.163. The van der Waals surface area contributed by atoms with Crippen LogP contribution in [0.3, 0.4) is 0 Å². The molecule has 3 heteroatoms. The monoisotopic (exact) mass is 367 g/mol. The Morgan fingerprint density at radius 2 is 1.95 bits per heavy atom. The van der Waals surface area contributed by atoms with Crippen LogP contribution in [0.1, 0.15) is 24.1 Å². The molecule has 0 aliphatic rings. The molecule has 2 aromatic rings. The van der Waals surface area contributed by atoms with Crippen LogP contribution in [0.5, 0.6) is 5.75 Å². The van der Waals surface area contributed by atoms with Gasteiger partial charge in [0.15, 0.2) is 0 Å². The van der Waals surface area contributed by atoms with Gasteiger partial charge in [0.05, 0.1) is 13.2 Å². The van der Waals surface area contributed by atoms with Crippen molar-refractivity contribution in [2.75, 3.05) is 13.7 Å². The predicted molar refractivity (Wildman–Crippen MR) is 87.7 cm³/mol. The molecule has 0 amide bonds. The topological polar surface area (TPSA) is 21.3 Å². The molecule has 0 aliphatic carbocycles. The maximum Gasteiger partial charge on any atom is 0.123 e. The maximum absolute atomic E-state index is 5.48. The second-order valence-electron chi connectivity index (χ2n) is 4.29. The van der Waals surface area contributed by atoms with Gasteiger partial charge in [0.25, 0.3) is 0 Å². The minimum Gasteiger partial charge on any atom is -0.496 e. The van der Waals surface area contributed by atoms with Crippen molar-refractivity contribution in [3.63, 3.8) is 0 Å². The summed E-state index contributed by atoms with van der Waals surface area (Å²) in [6.45, 7) is 3.03. The van der Waals surface area contributed by atoms with Gasteiger partial charge in [-0.25, -0.2) is 0 Å². The predicted octanol–water partition coefficient (Wildman–Crippen LogP) is 4.00. The number of halogens is 1. The van der Waals surface area contributed by atoms with E-state index in [9.17, 15) is 0 Å². The number of para-hydroxylation sites is 1. The lowest BCUT2D eigenvalue weighted by molar-refractivity contribution is 0.404. The highest BCUT2D eigenvalue weighted by Gasteiger charge is 2.16. The fraction of sp³-hybridized carbons (Fsp3) is 0.250. The quantitative estimate of drug-likeness (QED) is 0.807. The van der Waals surface area contributed by atoms with Gasteiger partial charge in [0, 0.05) is 9.13 Å².